The third-order valence-electron chi connectivity index (χ3n) is 2.68. The highest BCUT2D eigenvalue weighted by Gasteiger charge is 2.20. The van der Waals surface area contributed by atoms with Gasteiger partial charge in [0.25, 0.3) is 10.0 Å². The molecule has 0 saturated heterocycles. The molecule has 0 aliphatic carbocycles. The van der Waals surface area contributed by atoms with Crippen molar-refractivity contribution in [1.29, 1.82) is 0 Å². The van der Waals surface area contributed by atoms with Gasteiger partial charge in [-0.15, -0.1) is 0 Å². The fraction of sp³-hybridized carbons (Fsp3) is 0.200. The van der Waals surface area contributed by atoms with Crippen LogP contribution in [0.3, 0.4) is 0 Å². The third-order valence-corrected chi connectivity index (χ3v) is 4.00. The Morgan fingerprint density at radius 1 is 1.42 bits per heavy atom. The summed E-state index contributed by atoms with van der Waals surface area (Å²) in [6.07, 6.45) is 1.11. The number of rotatable bonds is 4. The maximum atomic E-state index is 12.0. The van der Waals surface area contributed by atoms with Gasteiger partial charge in [-0.05, 0) is 19.9 Å². The first-order valence-corrected chi connectivity index (χ1v) is 6.75. The first kappa shape index (κ1) is 13.1. The Hall–Kier alpha value is -2.29. The van der Waals surface area contributed by atoms with Gasteiger partial charge in [-0.3, -0.25) is 9.82 Å². The Bertz CT molecular complexity index is 729. The molecule has 19 heavy (non-hydrogen) atoms. The number of aryl methyl sites for hydroxylation is 1. The second kappa shape index (κ2) is 4.43. The van der Waals surface area contributed by atoms with Gasteiger partial charge in [0.05, 0.1) is 0 Å². The summed E-state index contributed by atoms with van der Waals surface area (Å²) < 4.78 is 26.3. The Morgan fingerprint density at radius 3 is 2.58 bits per heavy atom. The van der Waals surface area contributed by atoms with E-state index in [0.717, 1.165) is 18.0 Å². The normalized spacial score (nSPS) is 11.5. The van der Waals surface area contributed by atoms with Crippen molar-refractivity contribution in [3.63, 3.8) is 0 Å². The quantitative estimate of drug-likeness (QED) is 0.661. The summed E-state index contributed by atoms with van der Waals surface area (Å²) in [5.74, 6) is -1.04. The van der Waals surface area contributed by atoms with Crippen molar-refractivity contribution in [2.24, 2.45) is 0 Å². The molecular formula is C10H12N4O4S. The number of H-pyrrole nitrogens is 2. The number of hydrogen-bond donors (Lipinski definition) is 4. The first-order valence-electron chi connectivity index (χ1n) is 5.27. The maximum Gasteiger partial charge on any atom is 0.352 e. The van der Waals surface area contributed by atoms with Crippen LogP contribution in [-0.4, -0.2) is 34.7 Å². The van der Waals surface area contributed by atoms with E-state index in [1.54, 1.807) is 13.8 Å². The monoisotopic (exact) mass is 284 g/mol. The van der Waals surface area contributed by atoms with Crippen LogP contribution in [0.4, 0.5) is 5.82 Å². The highest BCUT2D eigenvalue weighted by Crippen LogP contribution is 2.19. The summed E-state index contributed by atoms with van der Waals surface area (Å²) in [7, 11) is -3.86. The average Bonchev–Trinajstić information content (AvgIpc) is 2.92. The van der Waals surface area contributed by atoms with E-state index in [2.05, 4.69) is 19.9 Å². The number of carboxylic acids is 1. The molecular weight excluding hydrogens is 272 g/mol. The van der Waals surface area contributed by atoms with Crippen LogP contribution >= 0.6 is 0 Å². The van der Waals surface area contributed by atoms with Crippen molar-refractivity contribution in [1.82, 2.24) is 15.2 Å². The van der Waals surface area contributed by atoms with Crippen molar-refractivity contribution in [2.45, 2.75) is 18.7 Å². The van der Waals surface area contributed by atoms with E-state index < -0.39 is 16.0 Å². The largest absolute Gasteiger partial charge is 0.477 e. The molecule has 0 aliphatic heterocycles. The van der Waals surface area contributed by atoms with E-state index in [1.807, 2.05) is 0 Å². The lowest BCUT2D eigenvalue weighted by Crippen LogP contribution is -2.13. The van der Waals surface area contributed by atoms with Crippen LogP contribution in [0.5, 0.6) is 0 Å². The van der Waals surface area contributed by atoms with Gasteiger partial charge >= 0.3 is 5.97 Å². The standard InChI is InChI=1S/C10H12N4O4S/c1-5-6(2)12-13-9(5)14-19(17,18)7-3-8(10(15)16)11-4-7/h3-4,11H,1-2H3,(H,15,16)(H2,12,13,14). The van der Waals surface area contributed by atoms with Crippen molar-refractivity contribution >= 4 is 21.8 Å². The molecule has 0 saturated carbocycles. The predicted octanol–water partition coefficient (Wildman–Crippen LogP) is 0.854. The molecule has 2 aromatic heterocycles. The number of aromatic carboxylic acids is 1. The third kappa shape index (κ3) is 2.45. The van der Waals surface area contributed by atoms with Crippen LogP contribution in [-0.2, 0) is 10.0 Å². The smallest absolute Gasteiger partial charge is 0.352 e. The van der Waals surface area contributed by atoms with Gasteiger partial charge < -0.3 is 10.1 Å². The molecule has 4 N–H and O–H groups in total. The number of anilines is 1. The van der Waals surface area contributed by atoms with Gasteiger partial charge in [-0.2, -0.15) is 5.10 Å². The molecule has 0 amide bonds. The number of nitrogens with zero attached hydrogens (tertiary/aromatic N) is 1. The van der Waals surface area contributed by atoms with Crippen LogP contribution in [0.1, 0.15) is 21.7 Å². The highest BCUT2D eigenvalue weighted by molar-refractivity contribution is 7.92. The van der Waals surface area contributed by atoms with Crippen LogP contribution in [0.15, 0.2) is 17.2 Å². The number of aromatic amines is 2. The molecule has 0 aliphatic rings. The van der Waals surface area contributed by atoms with E-state index in [-0.39, 0.29) is 16.4 Å². The van der Waals surface area contributed by atoms with Crippen LogP contribution < -0.4 is 4.72 Å². The summed E-state index contributed by atoms with van der Waals surface area (Å²) in [6, 6.07) is 1.04. The lowest BCUT2D eigenvalue weighted by atomic mass is 10.3. The van der Waals surface area contributed by atoms with Gasteiger partial charge in [-0.25, -0.2) is 13.2 Å². The fourth-order valence-electron chi connectivity index (χ4n) is 1.42. The average molecular weight is 284 g/mol. The van der Waals surface area contributed by atoms with Gasteiger partial charge in [-0.1, -0.05) is 0 Å². The van der Waals surface area contributed by atoms with Crippen molar-refractivity contribution in [2.75, 3.05) is 4.72 Å². The second-order valence-corrected chi connectivity index (χ2v) is 5.66. The molecule has 0 atom stereocenters. The van der Waals surface area contributed by atoms with Crippen LogP contribution in [0.2, 0.25) is 0 Å². The zero-order valence-corrected chi connectivity index (χ0v) is 11.0. The zero-order chi connectivity index (χ0) is 14.2. The van der Waals surface area contributed by atoms with Gasteiger partial charge in [0.1, 0.15) is 10.6 Å². The molecule has 8 nitrogen and oxygen atoms in total. The Labute approximate surface area is 108 Å². The molecule has 2 rings (SSSR count). The molecule has 0 fully saturated rings. The van der Waals surface area contributed by atoms with Gasteiger partial charge in [0.15, 0.2) is 5.82 Å². The molecule has 0 radical (unpaired) electrons. The van der Waals surface area contributed by atoms with Gasteiger partial charge in [0.2, 0.25) is 0 Å². The predicted molar refractivity (Wildman–Crippen MR) is 66.6 cm³/mol. The molecule has 2 aromatic rings. The minimum Gasteiger partial charge on any atom is -0.477 e. The van der Waals surface area contributed by atoms with Gasteiger partial charge in [0, 0.05) is 17.5 Å². The molecule has 0 unspecified atom stereocenters. The van der Waals surface area contributed by atoms with Crippen molar-refractivity contribution < 1.29 is 18.3 Å². The van der Waals surface area contributed by atoms with E-state index in [4.69, 9.17) is 5.11 Å². The Morgan fingerprint density at radius 2 is 2.11 bits per heavy atom. The Kier molecular flexibility index (Phi) is 3.06. The molecule has 102 valence electrons. The number of carboxylic acid groups (broad SMARTS) is 1. The number of carbonyl (C=O) groups is 1. The first-order chi connectivity index (χ1) is 8.81. The maximum absolute atomic E-state index is 12.0. The Balaban J connectivity index is 2.32. The summed E-state index contributed by atoms with van der Waals surface area (Å²) in [4.78, 5) is 12.9. The van der Waals surface area contributed by atoms with Crippen molar-refractivity contribution in [3.8, 4) is 0 Å². The summed E-state index contributed by atoms with van der Waals surface area (Å²) >= 11 is 0. The molecule has 0 bridgehead atoms. The van der Waals surface area contributed by atoms with Crippen LogP contribution in [0.25, 0.3) is 0 Å². The summed E-state index contributed by atoms with van der Waals surface area (Å²) in [5, 5.41) is 15.2. The molecule has 9 heteroatoms. The minimum absolute atomic E-state index is 0.162. The lowest BCUT2D eigenvalue weighted by Gasteiger charge is -2.03. The van der Waals surface area contributed by atoms with Crippen LogP contribution in [0, 0.1) is 13.8 Å². The fourth-order valence-corrected chi connectivity index (χ4v) is 2.48. The lowest BCUT2D eigenvalue weighted by molar-refractivity contribution is 0.0691. The highest BCUT2D eigenvalue weighted by atomic mass is 32.2. The number of nitrogens with one attached hydrogen (secondary N) is 3. The number of sulfonamides is 1. The van der Waals surface area contributed by atoms with E-state index in [9.17, 15) is 13.2 Å². The van der Waals surface area contributed by atoms with E-state index >= 15 is 0 Å². The van der Waals surface area contributed by atoms with Crippen molar-refractivity contribution in [3.05, 3.63) is 29.2 Å². The SMILES string of the molecule is Cc1[nH]nc(NS(=O)(=O)c2c[nH]c(C(=O)O)c2)c1C. The summed E-state index contributed by atoms with van der Waals surface area (Å²) in [5.41, 5.74) is 1.23. The molecule has 0 spiro atoms. The topological polar surface area (TPSA) is 128 Å². The minimum atomic E-state index is -3.86. The van der Waals surface area contributed by atoms with E-state index in [0.29, 0.717) is 5.56 Å². The zero-order valence-electron chi connectivity index (χ0n) is 10.2. The number of aromatic nitrogens is 3. The van der Waals surface area contributed by atoms with E-state index in [1.165, 1.54) is 0 Å². The second-order valence-electron chi connectivity index (χ2n) is 3.98. The molecule has 2 heterocycles. The number of hydrogen-bond acceptors (Lipinski definition) is 4. The molecule has 0 aromatic carbocycles. The summed E-state index contributed by atoms with van der Waals surface area (Å²) in [6.45, 7) is 3.48.